The maximum atomic E-state index is 15.4. The first-order valence-electron chi connectivity index (χ1n) is 13.6. The van der Waals surface area contributed by atoms with Crippen LogP contribution in [0.4, 0.5) is 23.4 Å². The predicted molar refractivity (Wildman–Crippen MR) is 160 cm³/mol. The standard InChI is InChI=1S/C33H24F4N4O2S/c34-22-8-6-20(7-9-22)17-38-28(42)18-40-29(43)19-44-32(26-15-12-24(36)16-27(26)37)30-31(21-4-2-1-3-5-21)39-41(33(30)40)25-13-10-23(35)11-14-25/h1-16,32H,17-19H2,(H,38,42)/t32-/m0/s1. The van der Waals surface area contributed by atoms with Gasteiger partial charge in [-0.15, -0.1) is 11.8 Å². The highest BCUT2D eigenvalue weighted by molar-refractivity contribution is 8.00. The van der Waals surface area contributed by atoms with Gasteiger partial charge in [-0.3, -0.25) is 14.5 Å². The summed E-state index contributed by atoms with van der Waals surface area (Å²) in [5.74, 6) is -3.29. The van der Waals surface area contributed by atoms with Gasteiger partial charge in [0, 0.05) is 29.3 Å². The molecule has 0 spiro atoms. The van der Waals surface area contributed by atoms with Crippen LogP contribution in [0.15, 0.2) is 97.1 Å². The third-order valence-corrected chi connectivity index (χ3v) is 8.39. The van der Waals surface area contributed by atoms with Crippen molar-refractivity contribution in [2.75, 3.05) is 17.2 Å². The molecule has 0 saturated heterocycles. The Hall–Kier alpha value is -4.90. The van der Waals surface area contributed by atoms with E-state index >= 15 is 4.39 Å². The van der Waals surface area contributed by atoms with Crippen molar-refractivity contribution in [2.24, 2.45) is 0 Å². The van der Waals surface area contributed by atoms with Gasteiger partial charge in [0.2, 0.25) is 11.8 Å². The first-order valence-corrected chi connectivity index (χ1v) is 14.7. The van der Waals surface area contributed by atoms with Crippen molar-refractivity contribution >= 4 is 29.4 Å². The van der Waals surface area contributed by atoms with Gasteiger partial charge in [0.25, 0.3) is 0 Å². The first-order chi connectivity index (χ1) is 21.3. The second-order valence-corrected chi connectivity index (χ2v) is 11.2. The summed E-state index contributed by atoms with van der Waals surface area (Å²) in [6.07, 6.45) is 0. The molecule has 1 N–H and O–H groups in total. The largest absolute Gasteiger partial charge is 0.350 e. The van der Waals surface area contributed by atoms with Crippen LogP contribution >= 0.6 is 11.8 Å². The molecular weight excluding hydrogens is 592 g/mol. The molecule has 11 heteroatoms. The highest BCUT2D eigenvalue weighted by Crippen LogP contribution is 2.49. The Morgan fingerprint density at radius 2 is 1.52 bits per heavy atom. The lowest BCUT2D eigenvalue weighted by Crippen LogP contribution is -2.42. The number of carbonyl (C=O) groups is 2. The van der Waals surface area contributed by atoms with Gasteiger partial charge in [-0.05, 0) is 48.0 Å². The fraction of sp³-hybridized carbons (Fsp3) is 0.121. The Balaban J connectivity index is 1.51. The average molecular weight is 617 g/mol. The summed E-state index contributed by atoms with van der Waals surface area (Å²) < 4.78 is 58.0. The van der Waals surface area contributed by atoms with Crippen LogP contribution in [0, 0.1) is 23.3 Å². The number of hydrogen-bond acceptors (Lipinski definition) is 4. The summed E-state index contributed by atoms with van der Waals surface area (Å²) in [7, 11) is 0. The maximum absolute atomic E-state index is 15.4. The van der Waals surface area contributed by atoms with Gasteiger partial charge in [0.1, 0.15) is 35.6 Å². The molecule has 1 aliphatic heterocycles. The second-order valence-electron chi connectivity index (χ2n) is 10.1. The van der Waals surface area contributed by atoms with Crippen molar-refractivity contribution in [3.05, 3.63) is 137 Å². The highest BCUT2D eigenvalue weighted by Gasteiger charge is 2.38. The smallest absolute Gasteiger partial charge is 0.240 e. The Bertz CT molecular complexity index is 1830. The molecule has 0 saturated carbocycles. The van der Waals surface area contributed by atoms with Crippen LogP contribution in [-0.2, 0) is 16.1 Å². The second kappa shape index (κ2) is 12.4. The fourth-order valence-corrected chi connectivity index (χ4v) is 6.27. The molecule has 0 unspecified atom stereocenters. The normalized spacial score (nSPS) is 14.7. The number of thioether (sulfide) groups is 1. The zero-order chi connectivity index (χ0) is 30.8. The van der Waals surface area contributed by atoms with E-state index in [0.29, 0.717) is 28.1 Å². The predicted octanol–water partition coefficient (Wildman–Crippen LogP) is 6.58. The van der Waals surface area contributed by atoms with Gasteiger partial charge in [-0.1, -0.05) is 48.5 Å². The third-order valence-electron chi connectivity index (χ3n) is 7.16. The summed E-state index contributed by atoms with van der Waals surface area (Å²) in [6, 6.07) is 23.5. The Labute approximate surface area is 254 Å². The minimum absolute atomic E-state index is 0.0959. The fourth-order valence-electron chi connectivity index (χ4n) is 5.05. The monoisotopic (exact) mass is 616 g/mol. The quantitative estimate of drug-likeness (QED) is 0.210. The summed E-state index contributed by atoms with van der Waals surface area (Å²) >= 11 is 1.14. The van der Waals surface area contributed by atoms with Crippen LogP contribution < -0.4 is 10.2 Å². The van der Waals surface area contributed by atoms with E-state index in [1.807, 2.05) is 30.3 Å². The van der Waals surface area contributed by atoms with Gasteiger partial charge in [-0.25, -0.2) is 22.2 Å². The van der Waals surface area contributed by atoms with Crippen molar-refractivity contribution < 1.29 is 27.2 Å². The number of hydrogen-bond donors (Lipinski definition) is 1. The van der Waals surface area contributed by atoms with Gasteiger partial charge in [-0.2, -0.15) is 5.10 Å². The lowest BCUT2D eigenvalue weighted by molar-refractivity contribution is -0.123. The average Bonchev–Trinajstić information content (AvgIpc) is 3.35. The van der Waals surface area contributed by atoms with Crippen molar-refractivity contribution in [1.29, 1.82) is 0 Å². The van der Waals surface area contributed by atoms with Crippen LogP contribution in [0.1, 0.15) is 21.9 Å². The molecule has 4 aromatic carbocycles. The highest BCUT2D eigenvalue weighted by atomic mass is 32.2. The van der Waals surface area contributed by atoms with E-state index in [4.69, 9.17) is 5.10 Å². The number of rotatable bonds is 7. The minimum atomic E-state index is -0.814. The van der Waals surface area contributed by atoms with E-state index in [2.05, 4.69) is 5.32 Å². The summed E-state index contributed by atoms with van der Waals surface area (Å²) in [5, 5.41) is 6.79. The molecule has 5 aromatic rings. The number of nitrogens with zero attached hydrogens (tertiary/aromatic N) is 3. The first kappa shape index (κ1) is 29.2. The molecule has 2 heterocycles. The Morgan fingerprint density at radius 3 is 2.20 bits per heavy atom. The number of aromatic nitrogens is 2. The van der Waals surface area contributed by atoms with Crippen molar-refractivity contribution in [3.8, 4) is 16.9 Å². The molecule has 6 rings (SSSR count). The Kier molecular flexibility index (Phi) is 8.21. The topological polar surface area (TPSA) is 67.2 Å². The summed E-state index contributed by atoms with van der Waals surface area (Å²) in [5.41, 5.74) is 2.72. The van der Waals surface area contributed by atoms with E-state index < -0.39 is 46.9 Å². The summed E-state index contributed by atoms with van der Waals surface area (Å²) in [4.78, 5) is 28.3. The molecule has 6 nitrogen and oxygen atoms in total. The molecule has 0 bridgehead atoms. The number of halogens is 4. The third kappa shape index (κ3) is 5.96. The van der Waals surface area contributed by atoms with E-state index in [1.54, 1.807) is 12.1 Å². The van der Waals surface area contributed by atoms with Gasteiger partial charge >= 0.3 is 0 Å². The van der Waals surface area contributed by atoms with Crippen LogP contribution in [0.2, 0.25) is 0 Å². The molecule has 0 fully saturated rings. The van der Waals surface area contributed by atoms with E-state index in [0.717, 1.165) is 23.9 Å². The van der Waals surface area contributed by atoms with Gasteiger partial charge in [0.05, 0.1) is 22.4 Å². The molecular formula is C33H24F4N4O2S. The minimum Gasteiger partial charge on any atom is -0.350 e. The molecule has 1 atom stereocenters. The number of anilines is 1. The van der Waals surface area contributed by atoms with Crippen LogP contribution in [-0.4, -0.2) is 33.9 Å². The lowest BCUT2D eigenvalue weighted by Gasteiger charge is -2.23. The summed E-state index contributed by atoms with van der Waals surface area (Å²) in [6.45, 7) is -0.314. The van der Waals surface area contributed by atoms with Crippen LogP contribution in [0.5, 0.6) is 0 Å². The maximum Gasteiger partial charge on any atom is 0.240 e. The van der Waals surface area contributed by atoms with Crippen molar-refractivity contribution in [1.82, 2.24) is 15.1 Å². The lowest BCUT2D eigenvalue weighted by atomic mass is 9.99. The van der Waals surface area contributed by atoms with E-state index in [9.17, 15) is 22.8 Å². The van der Waals surface area contributed by atoms with Gasteiger partial charge in [0.15, 0.2) is 0 Å². The zero-order valence-electron chi connectivity index (χ0n) is 23.0. The van der Waals surface area contributed by atoms with Crippen molar-refractivity contribution in [2.45, 2.75) is 11.8 Å². The molecule has 1 aromatic heterocycles. The number of fused-ring (bicyclic) bond motifs is 1. The number of nitrogens with one attached hydrogen (secondary N) is 1. The zero-order valence-corrected chi connectivity index (χ0v) is 23.8. The molecule has 0 radical (unpaired) electrons. The molecule has 2 amide bonds. The number of carbonyl (C=O) groups excluding carboxylic acids is 2. The molecule has 0 aliphatic carbocycles. The van der Waals surface area contributed by atoms with E-state index in [-0.39, 0.29) is 23.7 Å². The van der Waals surface area contributed by atoms with Crippen LogP contribution in [0.3, 0.4) is 0 Å². The van der Waals surface area contributed by atoms with Crippen molar-refractivity contribution in [3.63, 3.8) is 0 Å². The molecule has 1 aliphatic rings. The van der Waals surface area contributed by atoms with E-state index in [1.165, 1.54) is 52.0 Å². The SMILES string of the molecule is O=C(CN1C(=O)CS[C@@H](c2ccc(F)cc2F)c2c(-c3ccccc3)nn(-c3ccc(F)cc3)c21)NCc1ccc(F)cc1. The Morgan fingerprint density at radius 1 is 0.864 bits per heavy atom. The van der Waals surface area contributed by atoms with Crippen LogP contribution in [0.25, 0.3) is 16.9 Å². The van der Waals surface area contributed by atoms with Gasteiger partial charge < -0.3 is 5.32 Å². The molecule has 44 heavy (non-hydrogen) atoms. The number of benzene rings is 4. The molecule has 222 valence electrons. The number of amides is 2.